The second-order valence-corrected chi connectivity index (χ2v) is 7.43. The van der Waals surface area contributed by atoms with E-state index in [0.29, 0.717) is 19.8 Å². The quantitative estimate of drug-likeness (QED) is 0.242. The molecule has 0 saturated carbocycles. The Morgan fingerprint density at radius 2 is 1.41 bits per heavy atom. The Morgan fingerprint density at radius 3 is 2.07 bits per heavy atom. The normalized spacial score (nSPS) is 13.1. The smallest absolute Gasteiger partial charge is 0.291 e. The maximum atomic E-state index is 6.19. The number of rotatable bonds is 15. The van der Waals surface area contributed by atoms with Crippen LogP contribution in [0.15, 0.2) is 36.5 Å². The van der Waals surface area contributed by atoms with E-state index in [1.54, 1.807) is 0 Å². The molecule has 1 aromatic heterocycles. The first-order valence-electron chi connectivity index (χ1n) is 11.5. The van der Waals surface area contributed by atoms with Gasteiger partial charge in [-0.25, -0.2) is 0 Å². The number of fused-ring (bicyclic) bond motifs is 1. The summed E-state index contributed by atoms with van der Waals surface area (Å²) in [6, 6.07) is 10.5. The Bertz CT molecular complexity index is 681. The second kappa shape index (κ2) is 12.9. The Kier molecular flexibility index (Phi) is 10.6. The van der Waals surface area contributed by atoms with Crippen molar-refractivity contribution in [2.45, 2.75) is 84.5 Å². The summed E-state index contributed by atoms with van der Waals surface area (Å²) in [6.45, 7) is 9.80. The summed E-state index contributed by atoms with van der Waals surface area (Å²) in [6.07, 6.45) is 10.3. The number of unbranched alkanes of at least 4 members (excludes halogenated alkanes) is 5. The molecule has 162 valence electrons. The zero-order valence-corrected chi connectivity index (χ0v) is 18.8. The lowest BCUT2D eigenvalue weighted by molar-refractivity contribution is -0.389. The van der Waals surface area contributed by atoms with E-state index in [9.17, 15) is 0 Å². The van der Waals surface area contributed by atoms with Crippen LogP contribution in [-0.2, 0) is 14.2 Å². The van der Waals surface area contributed by atoms with Crippen molar-refractivity contribution < 1.29 is 14.2 Å². The Labute approximate surface area is 177 Å². The third-order valence-electron chi connectivity index (χ3n) is 5.34. The second-order valence-electron chi connectivity index (χ2n) is 7.43. The van der Waals surface area contributed by atoms with Crippen molar-refractivity contribution in [3.63, 3.8) is 0 Å². The highest BCUT2D eigenvalue weighted by Gasteiger charge is 2.44. The van der Waals surface area contributed by atoms with Gasteiger partial charge in [0.25, 0.3) is 5.97 Å². The molecule has 0 aliphatic heterocycles. The largest absolute Gasteiger partial charge is 0.327 e. The van der Waals surface area contributed by atoms with Gasteiger partial charge in [0.05, 0.1) is 11.6 Å². The van der Waals surface area contributed by atoms with Crippen molar-refractivity contribution in [1.82, 2.24) is 4.98 Å². The topological polar surface area (TPSA) is 40.6 Å². The van der Waals surface area contributed by atoms with Crippen LogP contribution in [0.5, 0.6) is 0 Å². The van der Waals surface area contributed by atoms with Crippen LogP contribution < -0.4 is 0 Å². The van der Waals surface area contributed by atoms with Crippen LogP contribution >= 0.6 is 0 Å². The molecule has 4 heteroatoms. The van der Waals surface area contributed by atoms with Gasteiger partial charge >= 0.3 is 0 Å². The molecule has 0 amide bonds. The summed E-state index contributed by atoms with van der Waals surface area (Å²) in [4.78, 5) is 4.81. The van der Waals surface area contributed by atoms with Crippen molar-refractivity contribution in [2.24, 2.45) is 0 Å². The van der Waals surface area contributed by atoms with Crippen molar-refractivity contribution in [3.8, 4) is 0 Å². The van der Waals surface area contributed by atoms with Gasteiger partial charge in [0, 0.05) is 31.4 Å². The molecule has 0 aliphatic rings. The lowest BCUT2D eigenvalue weighted by Crippen LogP contribution is -2.45. The van der Waals surface area contributed by atoms with E-state index in [0.717, 1.165) is 23.9 Å². The van der Waals surface area contributed by atoms with Crippen LogP contribution in [0.2, 0.25) is 0 Å². The predicted octanol–water partition coefficient (Wildman–Crippen LogP) is 6.83. The number of hydrogen-bond donors (Lipinski definition) is 0. The van der Waals surface area contributed by atoms with E-state index in [-0.39, 0.29) is 5.92 Å². The predicted molar refractivity (Wildman–Crippen MR) is 120 cm³/mol. The number of hydrogen-bond acceptors (Lipinski definition) is 4. The van der Waals surface area contributed by atoms with Gasteiger partial charge in [0.15, 0.2) is 0 Å². The molecule has 0 spiro atoms. The number of aromatic nitrogens is 1. The standard InChI is InChI=1S/C25H39NO3/c1-5-9-10-11-12-13-18-23(25(27-6-2,28-7-3)29-8-4)24-22-17-15-14-16-21(22)19-20-26-24/h14-17,19-20,23H,5-13,18H2,1-4H3. The van der Waals surface area contributed by atoms with E-state index in [1.807, 2.05) is 27.0 Å². The van der Waals surface area contributed by atoms with Gasteiger partial charge in [-0.05, 0) is 38.6 Å². The number of ether oxygens (including phenoxy) is 3. The molecule has 1 atom stereocenters. The molecule has 4 nitrogen and oxygen atoms in total. The van der Waals surface area contributed by atoms with Gasteiger partial charge in [-0.2, -0.15) is 0 Å². The molecular formula is C25H39NO3. The number of benzene rings is 1. The molecule has 2 rings (SSSR count). The van der Waals surface area contributed by atoms with Gasteiger partial charge in [-0.1, -0.05) is 69.7 Å². The maximum absolute atomic E-state index is 6.19. The first-order chi connectivity index (χ1) is 14.2. The SMILES string of the molecule is CCCCCCCCC(c1nccc2ccccc12)C(OCC)(OCC)OCC. The van der Waals surface area contributed by atoms with Crippen LogP contribution in [-0.4, -0.2) is 30.8 Å². The molecule has 0 N–H and O–H groups in total. The summed E-state index contributed by atoms with van der Waals surface area (Å²) in [5, 5.41) is 2.33. The summed E-state index contributed by atoms with van der Waals surface area (Å²) in [5.41, 5.74) is 1.01. The highest BCUT2D eigenvalue weighted by molar-refractivity contribution is 5.84. The molecule has 0 radical (unpaired) electrons. The van der Waals surface area contributed by atoms with Crippen LogP contribution in [0.1, 0.15) is 84.3 Å². The van der Waals surface area contributed by atoms with E-state index in [1.165, 1.54) is 37.5 Å². The van der Waals surface area contributed by atoms with E-state index in [2.05, 4.69) is 37.3 Å². The fraction of sp³-hybridized carbons (Fsp3) is 0.640. The Balaban J connectivity index is 2.37. The van der Waals surface area contributed by atoms with E-state index < -0.39 is 5.97 Å². The highest BCUT2D eigenvalue weighted by Crippen LogP contribution is 2.40. The molecule has 1 aromatic carbocycles. The fourth-order valence-electron chi connectivity index (χ4n) is 4.06. The summed E-state index contributed by atoms with van der Waals surface area (Å²) in [5.74, 6) is -1.18. The van der Waals surface area contributed by atoms with E-state index in [4.69, 9.17) is 19.2 Å². The summed E-state index contributed by atoms with van der Waals surface area (Å²) < 4.78 is 18.6. The minimum atomic E-state index is -1.10. The van der Waals surface area contributed by atoms with Crippen LogP contribution in [0.4, 0.5) is 0 Å². The molecule has 0 fully saturated rings. The van der Waals surface area contributed by atoms with Crippen LogP contribution in [0, 0.1) is 0 Å². The molecule has 2 aromatic rings. The van der Waals surface area contributed by atoms with Gasteiger partial charge in [-0.3, -0.25) is 4.98 Å². The first kappa shape index (κ1) is 23.8. The monoisotopic (exact) mass is 401 g/mol. The maximum Gasteiger partial charge on any atom is 0.291 e. The Hall–Kier alpha value is -1.49. The average Bonchev–Trinajstić information content (AvgIpc) is 2.73. The zero-order chi connectivity index (χ0) is 21.0. The number of pyridine rings is 1. The molecule has 29 heavy (non-hydrogen) atoms. The van der Waals surface area contributed by atoms with Crippen LogP contribution in [0.3, 0.4) is 0 Å². The average molecular weight is 402 g/mol. The van der Waals surface area contributed by atoms with Crippen molar-refractivity contribution in [2.75, 3.05) is 19.8 Å². The van der Waals surface area contributed by atoms with Gasteiger partial charge in [0.1, 0.15) is 0 Å². The van der Waals surface area contributed by atoms with Crippen LogP contribution in [0.25, 0.3) is 10.8 Å². The first-order valence-corrected chi connectivity index (χ1v) is 11.5. The Morgan fingerprint density at radius 1 is 0.793 bits per heavy atom. The third-order valence-corrected chi connectivity index (χ3v) is 5.34. The van der Waals surface area contributed by atoms with Gasteiger partial charge in [-0.15, -0.1) is 0 Å². The molecule has 1 heterocycles. The fourth-order valence-corrected chi connectivity index (χ4v) is 4.06. The summed E-state index contributed by atoms with van der Waals surface area (Å²) >= 11 is 0. The minimum absolute atomic E-state index is 0.0837. The summed E-state index contributed by atoms with van der Waals surface area (Å²) in [7, 11) is 0. The third kappa shape index (κ3) is 6.50. The zero-order valence-electron chi connectivity index (χ0n) is 18.8. The van der Waals surface area contributed by atoms with Crippen molar-refractivity contribution >= 4 is 10.8 Å². The molecular weight excluding hydrogens is 362 g/mol. The lowest BCUT2D eigenvalue weighted by atomic mass is 9.90. The lowest BCUT2D eigenvalue weighted by Gasteiger charge is -2.39. The molecule has 0 bridgehead atoms. The highest BCUT2D eigenvalue weighted by atomic mass is 16.9. The minimum Gasteiger partial charge on any atom is -0.327 e. The van der Waals surface area contributed by atoms with Crippen molar-refractivity contribution in [1.29, 1.82) is 0 Å². The molecule has 0 saturated heterocycles. The molecule has 0 aliphatic carbocycles. The molecule has 1 unspecified atom stereocenters. The number of nitrogens with zero attached hydrogens (tertiary/aromatic N) is 1. The van der Waals surface area contributed by atoms with Crippen molar-refractivity contribution in [3.05, 3.63) is 42.2 Å². The van der Waals surface area contributed by atoms with Gasteiger partial charge in [0.2, 0.25) is 0 Å². The van der Waals surface area contributed by atoms with E-state index >= 15 is 0 Å². The van der Waals surface area contributed by atoms with Gasteiger partial charge < -0.3 is 14.2 Å².